The first kappa shape index (κ1) is 11.9. The van der Waals surface area contributed by atoms with E-state index in [2.05, 4.69) is 9.59 Å². The van der Waals surface area contributed by atoms with E-state index in [4.69, 9.17) is 10.5 Å². The van der Waals surface area contributed by atoms with Crippen molar-refractivity contribution in [3.8, 4) is 5.75 Å². The number of hydrogen-bond acceptors (Lipinski definition) is 5. The van der Waals surface area contributed by atoms with Crippen LogP contribution in [0.15, 0.2) is 23.6 Å². The van der Waals surface area contributed by atoms with Crippen molar-refractivity contribution in [3.63, 3.8) is 0 Å². The van der Waals surface area contributed by atoms with E-state index in [0.29, 0.717) is 17.7 Å². The van der Waals surface area contributed by atoms with Crippen LogP contribution in [0.2, 0.25) is 0 Å². The van der Waals surface area contributed by atoms with Crippen molar-refractivity contribution in [2.75, 3.05) is 7.11 Å². The maximum Gasteiger partial charge on any atom is 0.168 e. The fourth-order valence-corrected chi connectivity index (χ4v) is 2.06. The van der Waals surface area contributed by atoms with Crippen molar-refractivity contribution in [2.24, 2.45) is 5.73 Å². The molecule has 0 saturated carbocycles. The highest BCUT2D eigenvalue weighted by atomic mass is 32.1. The van der Waals surface area contributed by atoms with Crippen LogP contribution in [0.1, 0.15) is 17.3 Å². The van der Waals surface area contributed by atoms with Crippen molar-refractivity contribution in [3.05, 3.63) is 40.7 Å². The summed E-state index contributed by atoms with van der Waals surface area (Å²) in [5, 5.41) is 5.64. The molecule has 1 unspecified atom stereocenters. The van der Waals surface area contributed by atoms with Crippen molar-refractivity contribution < 1.29 is 9.13 Å². The minimum atomic E-state index is -0.367. The molecule has 0 radical (unpaired) electrons. The number of benzene rings is 1. The minimum absolute atomic E-state index is 0.228. The van der Waals surface area contributed by atoms with Gasteiger partial charge in [-0.2, -0.15) is 0 Å². The molecule has 1 aromatic carbocycles. The van der Waals surface area contributed by atoms with Crippen LogP contribution in [-0.2, 0) is 6.42 Å². The Balaban J connectivity index is 2.19. The van der Waals surface area contributed by atoms with Gasteiger partial charge >= 0.3 is 0 Å². The number of methoxy groups -OCH3 is 1. The molecule has 2 aromatic rings. The summed E-state index contributed by atoms with van der Waals surface area (Å²) in [6.07, 6.45) is 0.369. The van der Waals surface area contributed by atoms with E-state index >= 15 is 0 Å². The summed E-state index contributed by atoms with van der Waals surface area (Å²) in [4.78, 5) is 0. The Morgan fingerprint density at radius 3 is 3.00 bits per heavy atom. The second kappa shape index (κ2) is 5.20. The van der Waals surface area contributed by atoms with Gasteiger partial charge in [0.1, 0.15) is 0 Å². The molecule has 2 N–H and O–H groups in total. The Hall–Kier alpha value is -1.53. The molecule has 0 fully saturated rings. The molecule has 17 heavy (non-hydrogen) atoms. The lowest BCUT2D eigenvalue weighted by Gasteiger charge is -2.11. The van der Waals surface area contributed by atoms with E-state index in [9.17, 15) is 4.39 Å². The summed E-state index contributed by atoms with van der Waals surface area (Å²) in [5.41, 5.74) is 7.12. The molecule has 90 valence electrons. The highest BCUT2D eigenvalue weighted by Gasteiger charge is 2.14. The summed E-state index contributed by atoms with van der Waals surface area (Å²) in [6, 6.07) is 4.66. The monoisotopic (exact) mass is 253 g/mol. The highest BCUT2D eigenvalue weighted by Crippen LogP contribution is 2.23. The number of nitrogens with two attached hydrogens (primary N) is 1. The van der Waals surface area contributed by atoms with Crippen LogP contribution >= 0.6 is 11.5 Å². The van der Waals surface area contributed by atoms with Gasteiger partial charge in [0, 0.05) is 5.38 Å². The van der Waals surface area contributed by atoms with Crippen molar-refractivity contribution >= 4 is 11.5 Å². The highest BCUT2D eigenvalue weighted by molar-refractivity contribution is 7.03. The molecule has 0 spiro atoms. The minimum Gasteiger partial charge on any atom is -0.494 e. The van der Waals surface area contributed by atoms with E-state index in [0.717, 1.165) is 0 Å². The van der Waals surface area contributed by atoms with Crippen LogP contribution in [0, 0.1) is 5.82 Å². The van der Waals surface area contributed by atoms with Crippen LogP contribution in [0.5, 0.6) is 5.75 Å². The summed E-state index contributed by atoms with van der Waals surface area (Å²) in [5.74, 6) is -0.139. The van der Waals surface area contributed by atoms with Crippen LogP contribution in [0.4, 0.5) is 4.39 Å². The van der Waals surface area contributed by atoms with Crippen LogP contribution in [0.3, 0.4) is 0 Å². The lowest BCUT2D eigenvalue weighted by Crippen LogP contribution is -2.14. The van der Waals surface area contributed by atoms with Crippen LogP contribution < -0.4 is 10.5 Å². The number of ether oxygens (including phenoxy) is 1. The molecule has 1 aromatic heterocycles. The van der Waals surface area contributed by atoms with Gasteiger partial charge in [0.2, 0.25) is 0 Å². The zero-order chi connectivity index (χ0) is 12.3. The molecule has 1 atom stereocenters. The number of aromatic nitrogens is 2. The summed E-state index contributed by atoms with van der Waals surface area (Å²) >= 11 is 1.23. The number of rotatable bonds is 4. The van der Waals surface area contributed by atoms with Gasteiger partial charge in [-0.15, -0.1) is 5.10 Å². The molecular weight excluding hydrogens is 241 g/mol. The fraction of sp³-hybridized carbons (Fsp3) is 0.273. The summed E-state index contributed by atoms with van der Waals surface area (Å²) in [7, 11) is 1.44. The molecule has 0 aliphatic rings. The SMILES string of the molecule is COc1cccc(CC(N)c2csnn2)c1F. The molecule has 0 bridgehead atoms. The predicted octanol–water partition coefficient (Wildman–Crippen LogP) is 1.93. The molecule has 6 heteroatoms. The lowest BCUT2D eigenvalue weighted by molar-refractivity contribution is 0.383. The summed E-state index contributed by atoms with van der Waals surface area (Å²) < 4.78 is 22.5. The second-order valence-electron chi connectivity index (χ2n) is 3.57. The topological polar surface area (TPSA) is 61.0 Å². The van der Waals surface area contributed by atoms with Gasteiger partial charge in [-0.25, -0.2) is 4.39 Å². The van der Waals surface area contributed by atoms with E-state index in [1.165, 1.54) is 18.6 Å². The number of hydrogen-bond donors (Lipinski definition) is 1. The zero-order valence-corrected chi connectivity index (χ0v) is 10.1. The Kier molecular flexibility index (Phi) is 3.65. The van der Waals surface area contributed by atoms with Gasteiger partial charge in [0.05, 0.1) is 18.8 Å². The van der Waals surface area contributed by atoms with Gasteiger partial charge < -0.3 is 10.5 Å². The molecule has 1 heterocycles. The van der Waals surface area contributed by atoms with Gasteiger partial charge in [-0.05, 0) is 29.6 Å². The number of halogens is 1. The lowest BCUT2D eigenvalue weighted by atomic mass is 10.0. The molecule has 0 aliphatic heterocycles. The number of nitrogens with zero attached hydrogens (tertiary/aromatic N) is 2. The third-order valence-electron chi connectivity index (χ3n) is 2.46. The van der Waals surface area contributed by atoms with Crippen LogP contribution in [0.25, 0.3) is 0 Å². The third-order valence-corrected chi connectivity index (χ3v) is 2.98. The fourth-order valence-electron chi connectivity index (χ4n) is 1.55. The average Bonchev–Trinajstić information content (AvgIpc) is 2.85. The smallest absolute Gasteiger partial charge is 0.168 e. The maximum atomic E-state index is 13.9. The van der Waals surface area contributed by atoms with Gasteiger partial charge in [0.15, 0.2) is 11.6 Å². The molecule has 4 nitrogen and oxygen atoms in total. The summed E-state index contributed by atoms with van der Waals surface area (Å²) in [6.45, 7) is 0. The van der Waals surface area contributed by atoms with E-state index in [1.54, 1.807) is 23.6 Å². The maximum absolute atomic E-state index is 13.9. The standard InChI is InChI=1S/C11H12FN3OS/c1-16-10-4-2-3-7(11(10)12)5-8(13)9-6-17-15-14-9/h2-4,6,8H,5,13H2,1H3. The Bertz CT molecular complexity index is 489. The quantitative estimate of drug-likeness (QED) is 0.904. The third kappa shape index (κ3) is 2.59. The first-order valence-corrected chi connectivity index (χ1v) is 5.90. The molecular formula is C11H12FN3OS. The van der Waals surface area contributed by atoms with Crippen molar-refractivity contribution in [1.29, 1.82) is 0 Å². The van der Waals surface area contributed by atoms with E-state index < -0.39 is 0 Å². The molecule has 0 amide bonds. The van der Waals surface area contributed by atoms with E-state index in [1.807, 2.05) is 0 Å². The largest absolute Gasteiger partial charge is 0.494 e. The first-order valence-electron chi connectivity index (χ1n) is 5.06. The molecule has 0 aliphatic carbocycles. The molecule has 0 saturated heterocycles. The van der Waals surface area contributed by atoms with Crippen LogP contribution in [-0.4, -0.2) is 16.7 Å². The van der Waals surface area contributed by atoms with Crippen molar-refractivity contribution in [2.45, 2.75) is 12.5 Å². The zero-order valence-electron chi connectivity index (χ0n) is 9.26. The van der Waals surface area contributed by atoms with Crippen molar-refractivity contribution in [1.82, 2.24) is 9.59 Å². The Morgan fingerprint density at radius 2 is 2.35 bits per heavy atom. The van der Waals surface area contributed by atoms with E-state index in [-0.39, 0.29) is 17.6 Å². The Morgan fingerprint density at radius 1 is 1.53 bits per heavy atom. The van der Waals surface area contributed by atoms with Gasteiger partial charge in [0.25, 0.3) is 0 Å². The average molecular weight is 253 g/mol. The second-order valence-corrected chi connectivity index (χ2v) is 4.18. The van der Waals surface area contributed by atoms with Gasteiger partial charge in [-0.3, -0.25) is 0 Å². The first-order chi connectivity index (χ1) is 8.22. The Labute approximate surface area is 102 Å². The normalized spacial score (nSPS) is 12.4. The van der Waals surface area contributed by atoms with Gasteiger partial charge in [-0.1, -0.05) is 16.6 Å². The molecule has 2 rings (SSSR count). The predicted molar refractivity (Wildman–Crippen MR) is 63.5 cm³/mol.